The molecule has 0 spiro atoms. The molecule has 5 heteroatoms. The van der Waals surface area contributed by atoms with E-state index in [-0.39, 0.29) is 17.0 Å². The Morgan fingerprint density at radius 1 is 0.917 bits per heavy atom. The molecule has 2 aromatic rings. The van der Waals surface area contributed by atoms with Crippen LogP contribution in [0.2, 0.25) is 0 Å². The van der Waals surface area contributed by atoms with Crippen LogP contribution in [0.3, 0.4) is 0 Å². The summed E-state index contributed by atoms with van der Waals surface area (Å²) >= 11 is 0. The van der Waals surface area contributed by atoms with Crippen LogP contribution < -0.4 is 0 Å². The molecule has 0 bridgehead atoms. The van der Waals surface area contributed by atoms with Gasteiger partial charge in [-0.05, 0) is 11.6 Å². The summed E-state index contributed by atoms with van der Waals surface area (Å²) in [5, 5.41) is 0. The minimum absolute atomic E-state index is 0.0344. The lowest BCUT2D eigenvalue weighted by Gasteiger charge is -2.30. The Bertz CT molecular complexity index is 858. The molecule has 2 aromatic carbocycles. The van der Waals surface area contributed by atoms with Crippen molar-refractivity contribution in [3.8, 4) is 0 Å². The van der Waals surface area contributed by atoms with Crippen molar-refractivity contribution in [1.29, 1.82) is 0 Å². The molecule has 24 heavy (non-hydrogen) atoms. The summed E-state index contributed by atoms with van der Waals surface area (Å²) < 4.78 is 56.0. The van der Waals surface area contributed by atoms with E-state index >= 15 is 0 Å². The maximum Gasteiger partial charge on any atom is 0.146 e. The Morgan fingerprint density at radius 2 is 1.50 bits per heavy atom. The number of allylic oxidation sites excluding steroid dienone is 3. The molecule has 1 nitrogen and oxygen atoms in total. The molecule has 3 rings (SSSR count). The Balaban J connectivity index is 2.36. The lowest BCUT2D eigenvalue weighted by molar-refractivity contribution is 0.505. The van der Waals surface area contributed by atoms with E-state index in [1.165, 1.54) is 18.0 Å². The third kappa shape index (κ3) is 2.62. The number of hydrogen-bond acceptors (Lipinski definition) is 1. The number of halogens is 4. The quantitative estimate of drug-likeness (QED) is 0.676. The molecule has 0 fully saturated rings. The predicted molar refractivity (Wildman–Crippen MR) is 85.7 cm³/mol. The molecule has 0 radical (unpaired) electrons. The number of rotatable bonds is 2. The maximum atomic E-state index is 14.3. The smallest absolute Gasteiger partial charge is 0.146 e. The first kappa shape index (κ1) is 16.1. The van der Waals surface area contributed by atoms with Gasteiger partial charge < -0.3 is 4.90 Å². The van der Waals surface area contributed by atoms with Crippen molar-refractivity contribution >= 4 is 11.3 Å². The highest BCUT2D eigenvalue weighted by Gasteiger charge is 2.28. The molecule has 1 aliphatic rings. The zero-order valence-corrected chi connectivity index (χ0v) is 12.8. The van der Waals surface area contributed by atoms with E-state index in [2.05, 4.69) is 6.58 Å². The second kappa shape index (κ2) is 6.00. The number of hydrogen-bond donors (Lipinski definition) is 0. The topological polar surface area (TPSA) is 3.24 Å². The van der Waals surface area contributed by atoms with Crippen molar-refractivity contribution in [3.63, 3.8) is 0 Å². The highest BCUT2D eigenvalue weighted by atomic mass is 19.1. The molecule has 0 N–H and O–H groups in total. The molecule has 122 valence electrons. The summed E-state index contributed by atoms with van der Waals surface area (Å²) in [4.78, 5) is 1.26. The maximum absolute atomic E-state index is 14.3. The first-order valence-corrected chi connectivity index (χ1v) is 7.15. The lowest BCUT2D eigenvalue weighted by Crippen LogP contribution is -2.22. The Morgan fingerprint density at radius 3 is 2.08 bits per heavy atom. The highest BCUT2D eigenvalue weighted by molar-refractivity contribution is 5.97. The molecule has 0 saturated carbocycles. The summed E-state index contributed by atoms with van der Waals surface area (Å²) in [6, 6.07) is 9.81. The van der Waals surface area contributed by atoms with Crippen molar-refractivity contribution in [3.05, 3.63) is 95.2 Å². The molecule has 0 aromatic heterocycles. The van der Waals surface area contributed by atoms with Gasteiger partial charge in [-0.3, -0.25) is 0 Å². The van der Waals surface area contributed by atoms with E-state index in [0.29, 0.717) is 17.7 Å². The zero-order chi connectivity index (χ0) is 17.4. The Hall–Kier alpha value is -2.82. The summed E-state index contributed by atoms with van der Waals surface area (Å²) in [6.45, 7) is 3.59. The van der Waals surface area contributed by atoms with Crippen LogP contribution in [0, 0.1) is 17.5 Å². The monoisotopic (exact) mass is 331 g/mol. The fourth-order valence-electron chi connectivity index (χ4n) is 2.66. The van der Waals surface area contributed by atoms with E-state index < -0.39 is 28.8 Å². The van der Waals surface area contributed by atoms with Crippen molar-refractivity contribution in [1.82, 2.24) is 4.90 Å². The van der Waals surface area contributed by atoms with Gasteiger partial charge in [0.25, 0.3) is 0 Å². The number of nitrogens with zero attached hydrogens (tertiary/aromatic N) is 1. The van der Waals surface area contributed by atoms with Gasteiger partial charge in [-0.15, -0.1) is 0 Å². The first-order valence-electron chi connectivity index (χ1n) is 7.15. The van der Waals surface area contributed by atoms with E-state index in [4.69, 9.17) is 0 Å². The van der Waals surface area contributed by atoms with Crippen LogP contribution in [-0.2, 0) is 0 Å². The van der Waals surface area contributed by atoms with Crippen LogP contribution in [-0.4, -0.2) is 11.9 Å². The number of likely N-dealkylation sites (N-methyl/N-ethyl adjacent to an activating group) is 1. The molecule has 0 saturated heterocycles. The minimum atomic E-state index is -1.06. The normalized spacial score (nSPS) is 15.0. The first-order chi connectivity index (χ1) is 11.4. The molecule has 1 aliphatic heterocycles. The highest BCUT2D eigenvalue weighted by Crippen LogP contribution is 2.40. The average molecular weight is 331 g/mol. The Labute approximate surface area is 136 Å². The molecule has 0 unspecified atom stereocenters. The molecular formula is C19H13F4N. The molecule has 0 amide bonds. The van der Waals surface area contributed by atoms with Gasteiger partial charge in [0.05, 0.1) is 17.0 Å². The van der Waals surface area contributed by atoms with Crippen molar-refractivity contribution in [2.75, 3.05) is 7.05 Å². The van der Waals surface area contributed by atoms with Gasteiger partial charge in [0.2, 0.25) is 0 Å². The van der Waals surface area contributed by atoms with Gasteiger partial charge in [0.1, 0.15) is 23.3 Å². The third-order valence-corrected chi connectivity index (χ3v) is 3.87. The van der Waals surface area contributed by atoms with Crippen LogP contribution in [0.1, 0.15) is 11.1 Å². The molecule has 0 aliphatic carbocycles. The van der Waals surface area contributed by atoms with Gasteiger partial charge >= 0.3 is 0 Å². The van der Waals surface area contributed by atoms with Gasteiger partial charge in [0, 0.05) is 24.8 Å². The van der Waals surface area contributed by atoms with Gasteiger partial charge in [-0.2, -0.15) is 0 Å². The summed E-state index contributed by atoms with van der Waals surface area (Å²) in [7, 11) is 1.45. The second-order valence-electron chi connectivity index (χ2n) is 5.37. The SMILES string of the molecule is C=C1C(F)=CC(c2ccccc2)=C(c2c(F)cc(F)cc2F)N1C. The minimum Gasteiger partial charge on any atom is -0.342 e. The largest absolute Gasteiger partial charge is 0.342 e. The van der Waals surface area contributed by atoms with Crippen LogP contribution >= 0.6 is 0 Å². The van der Waals surface area contributed by atoms with Crippen LogP contribution in [0.25, 0.3) is 11.3 Å². The predicted octanol–water partition coefficient (Wildman–Crippen LogP) is 5.28. The van der Waals surface area contributed by atoms with Crippen molar-refractivity contribution in [2.24, 2.45) is 0 Å². The fourth-order valence-corrected chi connectivity index (χ4v) is 2.66. The molecular weight excluding hydrogens is 318 g/mol. The fraction of sp³-hybridized carbons (Fsp3) is 0.0526. The van der Waals surface area contributed by atoms with E-state index in [0.717, 1.165) is 0 Å². The van der Waals surface area contributed by atoms with Crippen molar-refractivity contribution < 1.29 is 17.6 Å². The summed E-state index contributed by atoms with van der Waals surface area (Å²) in [5.41, 5.74) is 0.482. The lowest BCUT2D eigenvalue weighted by atomic mass is 9.94. The van der Waals surface area contributed by atoms with Crippen LogP contribution in [0.4, 0.5) is 17.6 Å². The number of benzene rings is 2. The standard InChI is InChI=1S/C19H13F4N/c1-11-15(21)10-14(12-6-4-3-5-7-12)19(24(11)2)18-16(22)8-13(20)9-17(18)23/h3-10H,1H2,2H3. The van der Waals surface area contributed by atoms with E-state index in [1.807, 2.05) is 0 Å². The van der Waals surface area contributed by atoms with Gasteiger partial charge in [-0.25, -0.2) is 17.6 Å². The molecule has 1 heterocycles. The van der Waals surface area contributed by atoms with E-state index in [1.54, 1.807) is 30.3 Å². The molecule has 0 atom stereocenters. The Kier molecular flexibility index (Phi) is 4.01. The van der Waals surface area contributed by atoms with Gasteiger partial charge in [0.15, 0.2) is 0 Å². The van der Waals surface area contributed by atoms with Crippen LogP contribution in [0.15, 0.2) is 66.6 Å². The van der Waals surface area contributed by atoms with E-state index in [9.17, 15) is 17.6 Å². The summed E-state index contributed by atoms with van der Waals surface area (Å²) in [6.07, 6.45) is 1.18. The second-order valence-corrected chi connectivity index (χ2v) is 5.37. The third-order valence-electron chi connectivity index (χ3n) is 3.87. The summed E-state index contributed by atoms with van der Waals surface area (Å²) in [5.74, 6) is -3.75. The van der Waals surface area contributed by atoms with Gasteiger partial charge in [-0.1, -0.05) is 36.9 Å². The zero-order valence-electron chi connectivity index (χ0n) is 12.8. The van der Waals surface area contributed by atoms with Crippen molar-refractivity contribution in [2.45, 2.75) is 0 Å². The average Bonchev–Trinajstić information content (AvgIpc) is 2.54. The van der Waals surface area contributed by atoms with Crippen LogP contribution in [0.5, 0.6) is 0 Å².